The Morgan fingerprint density at radius 1 is 1.15 bits per heavy atom. The average molecular weight is 377 g/mol. The van der Waals surface area contributed by atoms with Crippen LogP contribution in [0.15, 0.2) is 24.3 Å². The molecule has 2 saturated heterocycles. The first-order chi connectivity index (χ1) is 12.9. The van der Waals surface area contributed by atoms with Gasteiger partial charge in [-0.3, -0.25) is 0 Å². The molecule has 0 radical (unpaired) electrons. The van der Waals surface area contributed by atoms with Crippen LogP contribution in [0, 0.1) is 5.41 Å². The highest BCUT2D eigenvalue weighted by Crippen LogP contribution is 2.37. The minimum atomic E-state index is 0.0150. The van der Waals surface area contributed by atoms with Crippen molar-refractivity contribution in [3.05, 3.63) is 29.8 Å². The molecule has 0 unspecified atom stereocenters. The molecule has 152 valence electrons. The molecule has 2 aliphatic rings. The van der Waals surface area contributed by atoms with Crippen molar-refractivity contribution >= 4 is 0 Å². The van der Waals surface area contributed by atoms with Gasteiger partial charge in [0, 0.05) is 25.0 Å². The van der Waals surface area contributed by atoms with Crippen LogP contribution in [0.3, 0.4) is 0 Å². The van der Waals surface area contributed by atoms with Crippen molar-refractivity contribution in [2.24, 2.45) is 5.41 Å². The predicted molar refractivity (Wildman–Crippen MR) is 109 cm³/mol. The van der Waals surface area contributed by atoms with E-state index in [4.69, 9.17) is 9.47 Å². The molecule has 4 heteroatoms. The SMILES string of the molecule is CC(C)Oc1ccc(C[NH2+]C[C@@]2(C[NH+]3CCCC3)CCOC(C)(C)C2)cc1. The molecule has 0 bridgehead atoms. The highest BCUT2D eigenvalue weighted by Gasteiger charge is 2.45. The number of nitrogens with one attached hydrogen (secondary N) is 1. The van der Waals surface area contributed by atoms with E-state index in [1.807, 2.05) is 4.90 Å². The highest BCUT2D eigenvalue weighted by molar-refractivity contribution is 5.26. The van der Waals surface area contributed by atoms with Crippen molar-refractivity contribution in [2.75, 3.05) is 32.8 Å². The Morgan fingerprint density at radius 3 is 2.48 bits per heavy atom. The maximum absolute atomic E-state index is 6.06. The van der Waals surface area contributed by atoms with E-state index in [9.17, 15) is 0 Å². The van der Waals surface area contributed by atoms with Crippen LogP contribution in [0.1, 0.15) is 58.9 Å². The van der Waals surface area contributed by atoms with Crippen molar-refractivity contribution in [3.63, 3.8) is 0 Å². The fourth-order valence-corrected chi connectivity index (χ4v) is 5.09. The normalized spacial score (nSPS) is 25.8. The quantitative estimate of drug-likeness (QED) is 0.726. The fourth-order valence-electron chi connectivity index (χ4n) is 5.09. The smallest absolute Gasteiger partial charge is 0.119 e. The van der Waals surface area contributed by atoms with E-state index < -0.39 is 0 Å². The summed E-state index contributed by atoms with van der Waals surface area (Å²) in [4.78, 5) is 1.82. The third-order valence-corrected chi connectivity index (χ3v) is 6.11. The second kappa shape index (κ2) is 8.93. The molecule has 4 nitrogen and oxygen atoms in total. The van der Waals surface area contributed by atoms with Gasteiger partial charge in [-0.2, -0.15) is 0 Å². The molecule has 0 aliphatic carbocycles. The van der Waals surface area contributed by atoms with Gasteiger partial charge in [0.25, 0.3) is 0 Å². The largest absolute Gasteiger partial charge is 0.491 e. The molecule has 2 fully saturated rings. The van der Waals surface area contributed by atoms with Gasteiger partial charge >= 0.3 is 0 Å². The van der Waals surface area contributed by atoms with Crippen molar-refractivity contribution in [3.8, 4) is 5.75 Å². The molecule has 0 aromatic heterocycles. The van der Waals surface area contributed by atoms with Crippen LogP contribution in [0.2, 0.25) is 0 Å². The molecule has 1 aromatic rings. The van der Waals surface area contributed by atoms with Crippen molar-refractivity contribution in [2.45, 2.75) is 71.6 Å². The van der Waals surface area contributed by atoms with Crippen LogP contribution < -0.4 is 15.0 Å². The summed E-state index contributed by atoms with van der Waals surface area (Å²) in [5, 5.41) is 2.52. The number of nitrogens with two attached hydrogens (primary N) is 1. The van der Waals surface area contributed by atoms with Crippen molar-refractivity contribution in [1.29, 1.82) is 0 Å². The molecule has 0 spiro atoms. The van der Waals surface area contributed by atoms with E-state index in [-0.39, 0.29) is 11.7 Å². The van der Waals surface area contributed by atoms with Crippen LogP contribution in [0.5, 0.6) is 5.75 Å². The van der Waals surface area contributed by atoms with Crippen LogP contribution >= 0.6 is 0 Å². The van der Waals surface area contributed by atoms with Crippen LogP contribution in [0.25, 0.3) is 0 Å². The van der Waals surface area contributed by atoms with E-state index in [1.54, 1.807) is 0 Å². The summed E-state index contributed by atoms with van der Waals surface area (Å²) in [6, 6.07) is 8.62. The van der Waals surface area contributed by atoms with E-state index in [1.165, 1.54) is 57.4 Å². The summed E-state index contributed by atoms with van der Waals surface area (Å²) >= 11 is 0. The Hall–Kier alpha value is -1.10. The maximum atomic E-state index is 6.06. The highest BCUT2D eigenvalue weighted by atomic mass is 16.5. The molecule has 27 heavy (non-hydrogen) atoms. The summed E-state index contributed by atoms with van der Waals surface area (Å²) < 4.78 is 11.8. The lowest BCUT2D eigenvalue weighted by Crippen LogP contribution is -3.12. The average Bonchev–Trinajstić information content (AvgIpc) is 3.07. The minimum absolute atomic E-state index is 0.0150. The van der Waals surface area contributed by atoms with Crippen molar-refractivity contribution in [1.82, 2.24) is 0 Å². The zero-order valence-corrected chi connectivity index (χ0v) is 17.9. The second-order valence-electron chi connectivity index (χ2n) is 9.68. The minimum Gasteiger partial charge on any atom is -0.491 e. The zero-order chi connectivity index (χ0) is 19.3. The Morgan fingerprint density at radius 2 is 1.85 bits per heavy atom. The number of rotatable bonds is 8. The van der Waals surface area contributed by atoms with Gasteiger partial charge in [-0.25, -0.2) is 0 Å². The molecule has 1 atom stereocenters. The Kier molecular flexibility index (Phi) is 6.83. The third kappa shape index (κ3) is 6.20. The monoisotopic (exact) mass is 376 g/mol. The van der Waals surface area contributed by atoms with Gasteiger partial charge in [-0.05, 0) is 64.8 Å². The lowest BCUT2D eigenvalue weighted by molar-refractivity contribution is -0.898. The number of ether oxygens (including phenoxy) is 2. The third-order valence-electron chi connectivity index (χ3n) is 6.11. The van der Waals surface area contributed by atoms with Crippen molar-refractivity contribution < 1.29 is 19.7 Å². The van der Waals surface area contributed by atoms with Gasteiger partial charge in [0.05, 0.1) is 43.3 Å². The van der Waals surface area contributed by atoms with E-state index >= 15 is 0 Å². The Balaban J connectivity index is 1.57. The molecule has 0 saturated carbocycles. The first kappa shape index (κ1) is 20.6. The number of likely N-dealkylation sites (tertiary alicyclic amines) is 1. The summed E-state index contributed by atoms with van der Waals surface area (Å²) in [6.07, 6.45) is 5.42. The predicted octanol–water partition coefficient (Wildman–Crippen LogP) is 1.79. The number of hydrogen-bond donors (Lipinski definition) is 2. The van der Waals surface area contributed by atoms with Crippen LogP contribution in [0.4, 0.5) is 0 Å². The number of quaternary nitrogens is 2. The topological polar surface area (TPSA) is 39.5 Å². The standard InChI is InChI=1S/C23H38N2O2/c1-19(2)27-21-9-7-20(8-10-21)15-24-17-23(18-25-12-5-6-13-25)11-14-26-22(3,4)16-23/h7-10,19,24H,5-6,11-18H2,1-4H3/p+2/t23-/m1/s1. The molecular weight excluding hydrogens is 336 g/mol. The van der Waals surface area contributed by atoms with E-state index in [2.05, 4.69) is 57.3 Å². The van der Waals surface area contributed by atoms with E-state index in [0.29, 0.717) is 5.41 Å². The lowest BCUT2D eigenvalue weighted by Gasteiger charge is -2.44. The van der Waals surface area contributed by atoms with Gasteiger partial charge < -0.3 is 19.7 Å². The van der Waals surface area contributed by atoms with Gasteiger partial charge in [-0.1, -0.05) is 0 Å². The Bertz CT molecular complexity index is 579. The number of benzene rings is 1. The van der Waals surface area contributed by atoms with Gasteiger partial charge in [-0.15, -0.1) is 0 Å². The first-order valence-electron chi connectivity index (χ1n) is 10.9. The number of hydrogen-bond acceptors (Lipinski definition) is 2. The molecule has 0 amide bonds. The molecular formula is C23H40N2O2+2. The Labute approximate surface area is 165 Å². The zero-order valence-electron chi connectivity index (χ0n) is 17.9. The molecule has 2 aliphatic heterocycles. The van der Waals surface area contributed by atoms with Gasteiger partial charge in [0.1, 0.15) is 12.3 Å². The molecule has 2 heterocycles. The first-order valence-corrected chi connectivity index (χ1v) is 10.9. The fraction of sp³-hybridized carbons (Fsp3) is 0.739. The second-order valence-corrected chi connectivity index (χ2v) is 9.68. The summed E-state index contributed by atoms with van der Waals surface area (Å²) in [5.41, 5.74) is 1.80. The van der Waals surface area contributed by atoms with Crippen LogP contribution in [-0.2, 0) is 11.3 Å². The molecule has 3 N–H and O–H groups in total. The van der Waals surface area contributed by atoms with Gasteiger partial charge in [0.2, 0.25) is 0 Å². The van der Waals surface area contributed by atoms with Gasteiger partial charge in [0.15, 0.2) is 0 Å². The summed E-state index contributed by atoms with van der Waals surface area (Å²) in [6.45, 7) is 15.9. The maximum Gasteiger partial charge on any atom is 0.119 e. The summed E-state index contributed by atoms with van der Waals surface area (Å²) in [7, 11) is 0. The van der Waals surface area contributed by atoms with Crippen LogP contribution in [-0.4, -0.2) is 44.5 Å². The summed E-state index contributed by atoms with van der Waals surface area (Å²) in [5.74, 6) is 0.967. The van der Waals surface area contributed by atoms with E-state index in [0.717, 1.165) is 18.9 Å². The lowest BCUT2D eigenvalue weighted by atomic mass is 9.73. The molecule has 1 aromatic carbocycles. The molecule has 3 rings (SSSR count).